The van der Waals surface area contributed by atoms with E-state index in [4.69, 9.17) is 5.73 Å². The summed E-state index contributed by atoms with van der Waals surface area (Å²) >= 11 is 0. The van der Waals surface area contributed by atoms with Crippen molar-refractivity contribution in [3.05, 3.63) is 0 Å². The summed E-state index contributed by atoms with van der Waals surface area (Å²) in [7, 11) is 0. The predicted octanol–water partition coefficient (Wildman–Crippen LogP) is 3.79. The summed E-state index contributed by atoms with van der Waals surface area (Å²) in [5, 5.41) is 0. The van der Waals surface area contributed by atoms with Gasteiger partial charge in [0.2, 0.25) is 0 Å². The topological polar surface area (TPSA) is 29.3 Å². The van der Waals surface area contributed by atoms with Crippen molar-refractivity contribution in [1.29, 1.82) is 0 Å². The molecule has 1 aliphatic rings. The van der Waals surface area contributed by atoms with Crippen LogP contribution in [0.5, 0.6) is 0 Å². The van der Waals surface area contributed by atoms with Crippen LogP contribution < -0.4 is 5.73 Å². The standard InChI is InChI=1S/C16H34N2/c1-4-5-6-7-8-10-15(13-17)18-12-9-11-16(18)14(2)3/h14-16H,4-13,17H2,1-3H3. The zero-order valence-corrected chi connectivity index (χ0v) is 12.8. The van der Waals surface area contributed by atoms with E-state index in [2.05, 4.69) is 25.7 Å². The van der Waals surface area contributed by atoms with E-state index < -0.39 is 0 Å². The maximum atomic E-state index is 6.01. The Labute approximate surface area is 114 Å². The van der Waals surface area contributed by atoms with Gasteiger partial charge in [-0.25, -0.2) is 0 Å². The van der Waals surface area contributed by atoms with Crippen LogP contribution in [0.2, 0.25) is 0 Å². The van der Waals surface area contributed by atoms with Crippen molar-refractivity contribution >= 4 is 0 Å². The number of unbranched alkanes of at least 4 members (excludes halogenated alkanes) is 4. The van der Waals surface area contributed by atoms with E-state index in [0.717, 1.165) is 18.5 Å². The first-order valence-electron chi connectivity index (χ1n) is 8.16. The summed E-state index contributed by atoms with van der Waals surface area (Å²) < 4.78 is 0. The Morgan fingerprint density at radius 2 is 1.89 bits per heavy atom. The molecule has 0 aromatic rings. The lowest BCUT2D eigenvalue weighted by molar-refractivity contribution is 0.140. The van der Waals surface area contributed by atoms with E-state index in [0.29, 0.717) is 6.04 Å². The Morgan fingerprint density at radius 1 is 1.17 bits per heavy atom. The molecule has 0 amide bonds. The number of hydrogen-bond acceptors (Lipinski definition) is 2. The second kappa shape index (κ2) is 8.92. The molecule has 2 N–H and O–H groups in total. The third kappa shape index (κ3) is 4.89. The maximum absolute atomic E-state index is 6.01. The summed E-state index contributed by atoms with van der Waals surface area (Å²) in [6.07, 6.45) is 10.9. The Morgan fingerprint density at radius 3 is 2.50 bits per heavy atom. The molecular formula is C16H34N2. The highest BCUT2D eigenvalue weighted by Crippen LogP contribution is 2.27. The van der Waals surface area contributed by atoms with Gasteiger partial charge in [-0.1, -0.05) is 52.9 Å². The fourth-order valence-electron chi connectivity index (χ4n) is 3.39. The van der Waals surface area contributed by atoms with Crippen LogP contribution in [-0.2, 0) is 0 Å². The number of hydrogen-bond donors (Lipinski definition) is 1. The molecule has 0 aromatic carbocycles. The fraction of sp³-hybridized carbons (Fsp3) is 1.00. The highest BCUT2D eigenvalue weighted by Gasteiger charge is 2.31. The number of likely N-dealkylation sites (tertiary alicyclic amines) is 1. The van der Waals surface area contributed by atoms with Gasteiger partial charge in [0.25, 0.3) is 0 Å². The van der Waals surface area contributed by atoms with Gasteiger partial charge in [-0.3, -0.25) is 4.90 Å². The Bertz CT molecular complexity index is 203. The maximum Gasteiger partial charge on any atom is 0.0221 e. The minimum absolute atomic E-state index is 0.640. The van der Waals surface area contributed by atoms with E-state index in [1.165, 1.54) is 57.9 Å². The van der Waals surface area contributed by atoms with E-state index in [1.807, 2.05) is 0 Å². The molecular weight excluding hydrogens is 220 g/mol. The van der Waals surface area contributed by atoms with Crippen molar-refractivity contribution in [2.75, 3.05) is 13.1 Å². The SMILES string of the molecule is CCCCCCCC(CN)N1CCCC1C(C)C. The van der Waals surface area contributed by atoms with Crippen molar-refractivity contribution < 1.29 is 0 Å². The van der Waals surface area contributed by atoms with Crippen LogP contribution in [0.3, 0.4) is 0 Å². The van der Waals surface area contributed by atoms with E-state index in [1.54, 1.807) is 0 Å². The molecule has 1 aliphatic heterocycles. The molecule has 0 spiro atoms. The summed E-state index contributed by atoms with van der Waals surface area (Å²) in [4.78, 5) is 2.71. The minimum atomic E-state index is 0.640. The zero-order valence-electron chi connectivity index (χ0n) is 12.8. The van der Waals surface area contributed by atoms with Crippen LogP contribution in [0.1, 0.15) is 72.1 Å². The summed E-state index contributed by atoms with van der Waals surface area (Å²) in [6.45, 7) is 9.12. The second-order valence-electron chi connectivity index (χ2n) is 6.28. The molecule has 0 aliphatic carbocycles. The Kier molecular flexibility index (Phi) is 7.92. The molecule has 2 heteroatoms. The van der Waals surface area contributed by atoms with Crippen molar-refractivity contribution in [3.63, 3.8) is 0 Å². The number of rotatable bonds is 9. The van der Waals surface area contributed by atoms with Gasteiger partial charge in [0.1, 0.15) is 0 Å². The lowest BCUT2D eigenvalue weighted by Crippen LogP contribution is -2.45. The summed E-state index contributed by atoms with van der Waals surface area (Å²) in [5.74, 6) is 0.779. The van der Waals surface area contributed by atoms with Crippen LogP contribution in [0, 0.1) is 5.92 Å². The van der Waals surface area contributed by atoms with Crippen LogP contribution in [0.4, 0.5) is 0 Å². The van der Waals surface area contributed by atoms with E-state index >= 15 is 0 Å². The van der Waals surface area contributed by atoms with E-state index in [9.17, 15) is 0 Å². The van der Waals surface area contributed by atoms with Crippen LogP contribution in [0.15, 0.2) is 0 Å². The first-order chi connectivity index (χ1) is 8.70. The smallest absolute Gasteiger partial charge is 0.0221 e. The third-order valence-corrected chi connectivity index (χ3v) is 4.49. The first-order valence-corrected chi connectivity index (χ1v) is 8.16. The van der Waals surface area contributed by atoms with Gasteiger partial charge in [0, 0.05) is 18.6 Å². The molecule has 1 fully saturated rings. The molecule has 1 saturated heterocycles. The molecule has 1 heterocycles. The molecule has 0 aromatic heterocycles. The average molecular weight is 254 g/mol. The summed E-state index contributed by atoms with van der Waals surface area (Å²) in [6, 6.07) is 1.43. The van der Waals surface area contributed by atoms with E-state index in [-0.39, 0.29) is 0 Å². The quantitative estimate of drug-likeness (QED) is 0.634. The molecule has 2 unspecified atom stereocenters. The van der Waals surface area contributed by atoms with Gasteiger partial charge in [-0.2, -0.15) is 0 Å². The van der Waals surface area contributed by atoms with Crippen LogP contribution in [-0.4, -0.2) is 30.1 Å². The molecule has 18 heavy (non-hydrogen) atoms. The predicted molar refractivity (Wildman–Crippen MR) is 80.8 cm³/mol. The van der Waals surface area contributed by atoms with Crippen molar-refractivity contribution in [1.82, 2.24) is 4.90 Å². The van der Waals surface area contributed by atoms with Gasteiger partial charge < -0.3 is 5.73 Å². The zero-order chi connectivity index (χ0) is 13.4. The largest absolute Gasteiger partial charge is 0.329 e. The molecule has 0 bridgehead atoms. The first kappa shape index (κ1) is 16.0. The van der Waals surface area contributed by atoms with Crippen molar-refractivity contribution in [3.8, 4) is 0 Å². The second-order valence-corrected chi connectivity index (χ2v) is 6.28. The van der Waals surface area contributed by atoms with Crippen LogP contribution in [0.25, 0.3) is 0 Å². The lowest BCUT2D eigenvalue weighted by Gasteiger charge is -2.34. The van der Waals surface area contributed by atoms with Gasteiger partial charge in [-0.05, 0) is 31.7 Å². The van der Waals surface area contributed by atoms with Crippen molar-refractivity contribution in [2.45, 2.75) is 84.2 Å². The molecule has 2 nitrogen and oxygen atoms in total. The van der Waals surface area contributed by atoms with Gasteiger partial charge in [0.15, 0.2) is 0 Å². The van der Waals surface area contributed by atoms with Crippen LogP contribution >= 0.6 is 0 Å². The average Bonchev–Trinajstić information content (AvgIpc) is 2.83. The molecule has 108 valence electrons. The highest BCUT2D eigenvalue weighted by atomic mass is 15.2. The van der Waals surface area contributed by atoms with Gasteiger partial charge >= 0.3 is 0 Å². The lowest BCUT2D eigenvalue weighted by atomic mass is 9.99. The van der Waals surface area contributed by atoms with Gasteiger partial charge in [-0.15, -0.1) is 0 Å². The van der Waals surface area contributed by atoms with Crippen molar-refractivity contribution in [2.24, 2.45) is 11.7 Å². The third-order valence-electron chi connectivity index (χ3n) is 4.49. The number of nitrogens with two attached hydrogens (primary N) is 1. The molecule has 0 saturated carbocycles. The number of nitrogens with zero attached hydrogens (tertiary/aromatic N) is 1. The normalized spacial score (nSPS) is 22.8. The molecule has 1 rings (SSSR count). The Balaban J connectivity index is 2.31. The summed E-state index contributed by atoms with van der Waals surface area (Å²) in [5.41, 5.74) is 6.01. The Hall–Kier alpha value is -0.0800. The highest BCUT2D eigenvalue weighted by molar-refractivity contribution is 4.87. The molecule has 2 atom stereocenters. The minimum Gasteiger partial charge on any atom is -0.329 e. The fourth-order valence-corrected chi connectivity index (χ4v) is 3.39. The monoisotopic (exact) mass is 254 g/mol. The molecule has 0 radical (unpaired) electrons. The van der Waals surface area contributed by atoms with Gasteiger partial charge in [0.05, 0.1) is 0 Å².